The van der Waals surface area contributed by atoms with Gasteiger partial charge in [-0.2, -0.15) is 4.31 Å². The minimum absolute atomic E-state index is 0.110. The van der Waals surface area contributed by atoms with Crippen LogP contribution in [0.5, 0.6) is 0 Å². The van der Waals surface area contributed by atoms with Crippen molar-refractivity contribution < 1.29 is 13.2 Å². The smallest absolute Gasteiger partial charge is 0.256 e. The van der Waals surface area contributed by atoms with Gasteiger partial charge in [-0.15, -0.1) is 0 Å². The normalized spacial score (nSPS) is 15.5. The maximum absolute atomic E-state index is 12.4. The number of amides is 1. The Morgan fingerprint density at radius 3 is 2.54 bits per heavy atom. The van der Waals surface area contributed by atoms with Crippen molar-refractivity contribution >= 4 is 27.2 Å². The van der Waals surface area contributed by atoms with Gasteiger partial charge in [0.1, 0.15) is 0 Å². The first-order chi connectivity index (χ1) is 13.3. The monoisotopic (exact) mass is 399 g/mol. The number of carbonyl (C=O) groups excluding carboxylic acids is 1. The summed E-state index contributed by atoms with van der Waals surface area (Å²) in [6.07, 6.45) is 3.99. The lowest BCUT2D eigenvalue weighted by Gasteiger charge is -2.29. The molecule has 0 bridgehead atoms. The third kappa shape index (κ3) is 4.31. The highest BCUT2D eigenvalue weighted by Gasteiger charge is 2.26. The van der Waals surface area contributed by atoms with Gasteiger partial charge in [0, 0.05) is 36.7 Å². The van der Waals surface area contributed by atoms with Crippen LogP contribution < -0.4 is 5.32 Å². The molecule has 0 unspecified atom stereocenters. The van der Waals surface area contributed by atoms with Crippen molar-refractivity contribution in [1.82, 2.24) is 9.29 Å². The molecule has 2 aromatic rings. The zero-order valence-electron chi connectivity index (χ0n) is 16.4. The lowest BCUT2D eigenvalue weighted by molar-refractivity contribution is 0.102. The molecule has 0 spiro atoms. The van der Waals surface area contributed by atoms with Gasteiger partial charge in [-0.3, -0.25) is 9.78 Å². The number of aromatic nitrogens is 1. The van der Waals surface area contributed by atoms with E-state index in [-0.39, 0.29) is 11.7 Å². The van der Waals surface area contributed by atoms with Gasteiger partial charge in [0.15, 0.2) is 0 Å². The summed E-state index contributed by atoms with van der Waals surface area (Å²) in [5.74, 6) is -0.0699. The highest BCUT2D eigenvalue weighted by molar-refractivity contribution is 7.89. The van der Waals surface area contributed by atoms with Gasteiger partial charge in [-0.05, 0) is 62.1 Å². The van der Waals surface area contributed by atoms with Gasteiger partial charge in [-0.25, -0.2) is 8.42 Å². The first-order valence-electron chi connectivity index (χ1n) is 9.30. The summed E-state index contributed by atoms with van der Waals surface area (Å²) in [7, 11) is -3.21. The second-order valence-electron chi connectivity index (χ2n) is 6.97. The molecule has 0 atom stereocenters. The molecule has 0 saturated carbocycles. The molecule has 148 valence electrons. The fraction of sp³-hybridized carbons (Fsp3) is 0.333. The SMILES string of the molecule is CCS(=O)(=O)N1CCC(C)=C(c2ccc(NC(=O)c3ccncc3C)cc2)C1. The summed E-state index contributed by atoms with van der Waals surface area (Å²) in [6, 6.07) is 9.23. The first kappa shape index (κ1) is 20.2. The molecule has 0 radical (unpaired) electrons. The minimum Gasteiger partial charge on any atom is -0.322 e. The van der Waals surface area contributed by atoms with E-state index in [2.05, 4.69) is 10.3 Å². The molecule has 0 aliphatic carbocycles. The van der Waals surface area contributed by atoms with E-state index in [1.807, 2.05) is 38.1 Å². The Labute approximate surface area is 166 Å². The summed E-state index contributed by atoms with van der Waals surface area (Å²) in [5, 5.41) is 2.89. The molecule has 0 saturated heterocycles. The van der Waals surface area contributed by atoms with E-state index in [0.717, 1.165) is 23.1 Å². The lowest BCUT2D eigenvalue weighted by atomic mass is 9.96. The third-order valence-corrected chi connectivity index (χ3v) is 6.93. The van der Waals surface area contributed by atoms with Gasteiger partial charge in [0.05, 0.1) is 5.75 Å². The zero-order valence-corrected chi connectivity index (χ0v) is 17.2. The predicted octanol–water partition coefficient (Wildman–Crippen LogP) is 3.47. The van der Waals surface area contributed by atoms with Crippen LogP contribution in [0.4, 0.5) is 5.69 Å². The third-order valence-electron chi connectivity index (χ3n) is 5.10. The van der Waals surface area contributed by atoms with E-state index in [9.17, 15) is 13.2 Å². The molecule has 0 fully saturated rings. The van der Waals surface area contributed by atoms with E-state index in [1.54, 1.807) is 29.7 Å². The van der Waals surface area contributed by atoms with Crippen molar-refractivity contribution in [1.29, 1.82) is 0 Å². The standard InChI is InChI=1S/C21H25N3O3S/c1-4-28(26,27)24-12-10-15(2)20(14-24)17-5-7-18(8-6-17)23-21(25)19-9-11-22-13-16(19)3/h5-9,11,13H,4,10,12,14H2,1-3H3,(H,23,25). The van der Waals surface area contributed by atoms with Crippen molar-refractivity contribution in [2.75, 3.05) is 24.2 Å². The number of rotatable bonds is 5. The van der Waals surface area contributed by atoms with E-state index >= 15 is 0 Å². The molecule has 1 aromatic carbocycles. The Morgan fingerprint density at radius 1 is 1.18 bits per heavy atom. The molecule has 7 heteroatoms. The average Bonchev–Trinajstić information content (AvgIpc) is 2.69. The highest BCUT2D eigenvalue weighted by Crippen LogP contribution is 2.29. The van der Waals surface area contributed by atoms with Gasteiger partial charge >= 0.3 is 0 Å². The Balaban J connectivity index is 1.77. The Bertz CT molecular complexity index is 1010. The quantitative estimate of drug-likeness (QED) is 0.835. The van der Waals surface area contributed by atoms with Crippen LogP contribution >= 0.6 is 0 Å². The van der Waals surface area contributed by atoms with Crippen molar-refractivity contribution in [3.63, 3.8) is 0 Å². The second kappa shape index (κ2) is 8.24. The summed E-state index contributed by atoms with van der Waals surface area (Å²) in [6.45, 7) is 6.49. The van der Waals surface area contributed by atoms with Gasteiger partial charge in [-0.1, -0.05) is 17.7 Å². The molecule has 1 N–H and O–H groups in total. The van der Waals surface area contributed by atoms with Gasteiger partial charge < -0.3 is 5.32 Å². The number of anilines is 1. The minimum atomic E-state index is -3.21. The highest BCUT2D eigenvalue weighted by atomic mass is 32.2. The number of nitrogens with one attached hydrogen (secondary N) is 1. The molecular formula is C21H25N3O3S. The van der Waals surface area contributed by atoms with Crippen LogP contribution in [0.25, 0.3) is 5.57 Å². The van der Waals surface area contributed by atoms with Crippen LogP contribution in [-0.4, -0.2) is 42.5 Å². The van der Waals surface area contributed by atoms with Crippen molar-refractivity contribution in [3.05, 3.63) is 65.0 Å². The molecule has 28 heavy (non-hydrogen) atoms. The van der Waals surface area contributed by atoms with Gasteiger partial charge in [0.2, 0.25) is 10.0 Å². The number of sulfonamides is 1. The first-order valence-corrected chi connectivity index (χ1v) is 10.9. The molecule has 2 heterocycles. The van der Waals surface area contributed by atoms with Gasteiger partial charge in [0.25, 0.3) is 5.91 Å². The fourth-order valence-corrected chi connectivity index (χ4v) is 4.33. The lowest BCUT2D eigenvalue weighted by Crippen LogP contribution is -2.37. The number of pyridine rings is 1. The van der Waals surface area contributed by atoms with Crippen LogP contribution in [-0.2, 0) is 10.0 Å². The molecule has 1 aliphatic heterocycles. The fourth-order valence-electron chi connectivity index (χ4n) is 3.27. The predicted molar refractivity (Wildman–Crippen MR) is 112 cm³/mol. The summed E-state index contributed by atoms with van der Waals surface area (Å²) in [5.41, 5.74) is 5.31. The van der Waals surface area contributed by atoms with Crippen molar-refractivity contribution in [2.24, 2.45) is 0 Å². The maximum Gasteiger partial charge on any atom is 0.256 e. The van der Waals surface area contributed by atoms with E-state index in [4.69, 9.17) is 0 Å². The second-order valence-corrected chi connectivity index (χ2v) is 9.22. The number of carbonyl (C=O) groups is 1. The van der Waals surface area contributed by atoms with Crippen LogP contribution in [0.1, 0.15) is 41.8 Å². The number of hydrogen-bond donors (Lipinski definition) is 1. The topological polar surface area (TPSA) is 79.4 Å². The molecule has 1 aliphatic rings. The number of aryl methyl sites for hydroxylation is 1. The van der Waals surface area contributed by atoms with Crippen LogP contribution in [0.3, 0.4) is 0 Å². The average molecular weight is 400 g/mol. The number of nitrogens with zero attached hydrogens (tertiary/aromatic N) is 2. The van der Waals surface area contributed by atoms with Crippen LogP contribution in [0, 0.1) is 6.92 Å². The Hall–Kier alpha value is -2.51. The largest absolute Gasteiger partial charge is 0.322 e. The Morgan fingerprint density at radius 2 is 1.89 bits per heavy atom. The zero-order chi connectivity index (χ0) is 20.3. The summed E-state index contributed by atoms with van der Waals surface area (Å²) < 4.78 is 26.0. The molecule has 1 amide bonds. The summed E-state index contributed by atoms with van der Waals surface area (Å²) >= 11 is 0. The van der Waals surface area contributed by atoms with E-state index < -0.39 is 10.0 Å². The van der Waals surface area contributed by atoms with E-state index in [1.165, 1.54) is 5.57 Å². The Kier molecular flexibility index (Phi) is 5.96. The van der Waals surface area contributed by atoms with Crippen molar-refractivity contribution in [3.8, 4) is 0 Å². The van der Waals surface area contributed by atoms with E-state index in [0.29, 0.717) is 24.3 Å². The number of hydrogen-bond acceptors (Lipinski definition) is 4. The molecule has 6 nitrogen and oxygen atoms in total. The van der Waals surface area contributed by atoms with Crippen LogP contribution in [0.2, 0.25) is 0 Å². The molecular weight excluding hydrogens is 374 g/mol. The summed E-state index contributed by atoms with van der Waals surface area (Å²) in [4.78, 5) is 16.4. The van der Waals surface area contributed by atoms with Crippen LogP contribution in [0.15, 0.2) is 48.3 Å². The maximum atomic E-state index is 12.4. The molecule has 1 aromatic heterocycles. The van der Waals surface area contributed by atoms with Crippen molar-refractivity contribution in [2.45, 2.75) is 27.2 Å². The number of benzene rings is 1. The molecule has 3 rings (SSSR count).